The summed E-state index contributed by atoms with van der Waals surface area (Å²) in [6, 6.07) is 16.3. The number of benzene rings is 2. The Kier molecular flexibility index (Phi) is 17.3. The molecule has 6 heteroatoms. The number of unbranched alkanes of at least 4 members (excludes halogenated alkanes) is 9. The van der Waals surface area contributed by atoms with Crippen LogP contribution in [-0.4, -0.2) is 57.8 Å². The lowest BCUT2D eigenvalue weighted by atomic mass is 10.1. The molecule has 5 nitrogen and oxygen atoms in total. The fourth-order valence-corrected chi connectivity index (χ4v) is 6.75. The van der Waals surface area contributed by atoms with E-state index in [0.29, 0.717) is 13.2 Å². The van der Waals surface area contributed by atoms with E-state index in [4.69, 9.17) is 9.47 Å². The second kappa shape index (κ2) is 21.2. The van der Waals surface area contributed by atoms with E-state index in [0.717, 1.165) is 47.7 Å². The Morgan fingerprint density at radius 3 is 2.18 bits per heavy atom. The molecule has 0 saturated carbocycles. The summed E-state index contributed by atoms with van der Waals surface area (Å²) in [6.07, 6.45) is 23.2. The maximum atomic E-state index is 14.2. The Balaban J connectivity index is 1.49. The number of ether oxygens (including phenoxy) is 2. The fraction of sp³-hybridized carbons (Fsp3) is 0.553. The number of nitrogens with zero attached hydrogens (tertiary/aromatic N) is 2. The molecule has 2 aromatic carbocycles. The van der Waals surface area contributed by atoms with E-state index >= 15 is 0 Å². The van der Waals surface area contributed by atoms with Crippen molar-refractivity contribution >= 4 is 23.4 Å². The molecule has 2 aromatic rings. The molecule has 1 amide bonds. The van der Waals surface area contributed by atoms with E-state index in [-0.39, 0.29) is 11.2 Å². The number of hydrogen-bond acceptors (Lipinski definition) is 5. The molecule has 0 fully saturated rings. The highest BCUT2D eigenvalue weighted by molar-refractivity contribution is 7.99. The monoisotopic (exact) mass is 620 g/mol. The van der Waals surface area contributed by atoms with Gasteiger partial charge in [-0.15, -0.1) is 11.8 Å². The van der Waals surface area contributed by atoms with E-state index in [1.165, 1.54) is 57.8 Å². The zero-order chi connectivity index (χ0) is 31.4. The van der Waals surface area contributed by atoms with Crippen molar-refractivity contribution in [3.63, 3.8) is 0 Å². The quantitative estimate of drug-likeness (QED) is 0.103. The van der Waals surface area contributed by atoms with Gasteiger partial charge >= 0.3 is 0 Å². The third-order valence-electron chi connectivity index (χ3n) is 8.05. The second-order valence-corrected chi connectivity index (χ2v) is 13.1. The number of likely N-dealkylation sites (N-methyl/N-ethyl adjacent to an activating group) is 1. The van der Waals surface area contributed by atoms with E-state index in [2.05, 4.69) is 66.5 Å². The van der Waals surface area contributed by atoms with Crippen molar-refractivity contribution in [2.24, 2.45) is 0 Å². The van der Waals surface area contributed by atoms with Crippen LogP contribution in [0.25, 0.3) is 0 Å². The third-order valence-corrected chi connectivity index (χ3v) is 9.42. The molecule has 1 aliphatic rings. The van der Waals surface area contributed by atoms with E-state index < -0.39 is 6.10 Å². The largest absolute Gasteiger partial charge is 0.497 e. The summed E-state index contributed by atoms with van der Waals surface area (Å²) in [5.41, 5.74) is 2.05. The minimum atomic E-state index is -0.555. The van der Waals surface area contributed by atoms with Crippen LogP contribution < -0.4 is 9.64 Å². The smallest absolute Gasteiger partial charge is 0.257 e. The summed E-state index contributed by atoms with van der Waals surface area (Å²) in [4.78, 5) is 19.3. The minimum absolute atomic E-state index is 0.0464. The molecular formula is C38H56N2O3S. The topological polar surface area (TPSA) is 42.0 Å². The highest BCUT2D eigenvalue weighted by Crippen LogP contribution is 2.46. The first-order chi connectivity index (χ1) is 21.5. The molecule has 0 saturated heterocycles. The van der Waals surface area contributed by atoms with Gasteiger partial charge in [-0.1, -0.05) is 94.0 Å². The maximum absolute atomic E-state index is 14.2. The van der Waals surface area contributed by atoms with Gasteiger partial charge in [0.05, 0.1) is 18.0 Å². The van der Waals surface area contributed by atoms with Crippen LogP contribution in [0.15, 0.2) is 77.7 Å². The molecule has 1 heterocycles. The molecule has 0 bridgehead atoms. The Bertz CT molecular complexity index is 1130. The zero-order valence-corrected chi connectivity index (χ0v) is 28.5. The van der Waals surface area contributed by atoms with Gasteiger partial charge in [0.15, 0.2) is 6.10 Å². The molecule has 0 N–H and O–H groups in total. The summed E-state index contributed by atoms with van der Waals surface area (Å²) in [5, 5.41) is -0.136. The van der Waals surface area contributed by atoms with Gasteiger partial charge in [0, 0.05) is 24.6 Å². The number of methoxy groups -OCH3 is 1. The Labute approximate surface area is 272 Å². The van der Waals surface area contributed by atoms with Crippen molar-refractivity contribution in [2.75, 3.05) is 45.8 Å². The van der Waals surface area contributed by atoms with Gasteiger partial charge in [0.1, 0.15) is 5.75 Å². The molecule has 1 aliphatic heterocycles. The van der Waals surface area contributed by atoms with Crippen molar-refractivity contribution in [1.29, 1.82) is 0 Å². The van der Waals surface area contributed by atoms with Crippen LogP contribution in [0, 0.1) is 0 Å². The maximum Gasteiger partial charge on any atom is 0.257 e. The predicted molar refractivity (Wildman–Crippen MR) is 188 cm³/mol. The minimum Gasteiger partial charge on any atom is -0.497 e. The average Bonchev–Trinajstić information content (AvgIpc) is 3.15. The summed E-state index contributed by atoms with van der Waals surface area (Å²) in [6.45, 7) is 4.26. The Morgan fingerprint density at radius 2 is 1.50 bits per heavy atom. The number of anilines is 1. The van der Waals surface area contributed by atoms with Crippen molar-refractivity contribution < 1.29 is 14.3 Å². The van der Waals surface area contributed by atoms with Crippen molar-refractivity contribution in [3.05, 3.63) is 78.4 Å². The first kappa shape index (κ1) is 35.9. The molecule has 0 aromatic heterocycles. The van der Waals surface area contributed by atoms with Crippen LogP contribution in [0.5, 0.6) is 5.75 Å². The van der Waals surface area contributed by atoms with Gasteiger partial charge in [-0.25, -0.2) is 0 Å². The first-order valence-electron chi connectivity index (χ1n) is 16.8. The number of carbonyl (C=O) groups excluding carboxylic acids is 1. The lowest BCUT2D eigenvalue weighted by Gasteiger charge is -2.29. The lowest BCUT2D eigenvalue weighted by molar-refractivity contribution is -0.130. The van der Waals surface area contributed by atoms with Gasteiger partial charge in [-0.3, -0.25) is 4.79 Å². The zero-order valence-electron chi connectivity index (χ0n) is 27.7. The molecule has 44 heavy (non-hydrogen) atoms. The molecular weight excluding hydrogens is 564 g/mol. The number of allylic oxidation sites excluding steroid dienone is 4. The molecule has 3 rings (SSSR count). The predicted octanol–water partition coefficient (Wildman–Crippen LogP) is 9.64. The average molecular weight is 621 g/mol. The van der Waals surface area contributed by atoms with E-state index in [9.17, 15) is 4.79 Å². The van der Waals surface area contributed by atoms with E-state index in [1.807, 2.05) is 37.2 Å². The van der Waals surface area contributed by atoms with Gasteiger partial charge in [0.25, 0.3) is 5.91 Å². The number of para-hydroxylation sites is 1. The highest BCUT2D eigenvalue weighted by atomic mass is 32.2. The number of fused-ring (bicyclic) bond motifs is 1. The third kappa shape index (κ3) is 12.5. The Morgan fingerprint density at radius 1 is 0.841 bits per heavy atom. The van der Waals surface area contributed by atoms with Crippen molar-refractivity contribution in [1.82, 2.24) is 4.90 Å². The molecule has 0 unspecified atom stereocenters. The van der Waals surface area contributed by atoms with Crippen LogP contribution in [0.2, 0.25) is 0 Å². The summed E-state index contributed by atoms with van der Waals surface area (Å²) in [7, 11) is 5.77. The second-order valence-electron chi connectivity index (χ2n) is 11.9. The standard InChI is InChI=1S/C38H56N2O3S/c1-5-6-7-8-9-10-11-12-13-14-15-16-17-18-19-22-31-43-36-37(32-25-27-33(42-4)28-26-32)44-35-24-21-20-23-34(35)40(38(36)41)30-29-39(2)3/h9-10,12-13,20-21,23-28,36-37H,5-8,11,14-19,22,29-31H2,1-4H3/b10-9-,13-12-/t36-,37+/m0/s1. The molecule has 2 atom stereocenters. The number of amides is 1. The van der Waals surface area contributed by atoms with Gasteiger partial charge in [-0.2, -0.15) is 0 Å². The van der Waals surface area contributed by atoms with Crippen LogP contribution >= 0.6 is 11.8 Å². The number of rotatable bonds is 21. The lowest BCUT2D eigenvalue weighted by Crippen LogP contribution is -2.44. The number of hydrogen-bond donors (Lipinski definition) is 0. The SMILES string of the molecule is CCCCC/C=C\C/C=C\CCCCCCCCO[C@@H]1C(=O)N(CCN(C)C)c2ccccc2S[C@@H]1c1ccc(OC)cc1. The first-order valence-corrected chi connectivity index (χ1v) is 17.7. The molecule has 0 radical (unpaired) electrons. The molecule has 0 spiro atoms. The van der Waals surface area contributed by atoms with Crippen LogP contribution in [-0.2, 0) is 9.53 Å². The van der Waals surface area contributed by atoms with Crippen LogP contribution in [0.3, 0.4) is 0 Å². The van der Waals surface area contributed by atoms with Crippen LogP contribution in [0.4, 0.5) is 5.69 Å². The van der Waals surface area contributed by atoms with Crippen molar-refractivity contribution in [3.8, 4) is 5.75 Å². The van der Waals surface area contributed by atoms with E-state index in [1.54, 1.807) is 18.9 Å². The molecule has 0 aliphatic carbocycles. The summed E-state index contributed by atoms with van der Waals surface area (Å²) in [5.74, 6) is 0.857. The summed E-state index contributed by atoms with van der Waals surface area (Å²) < 4.78 is 11.9. The highest BCUT2D eigenvalue weighted by Gasteiger charge is 2.39. The fourth-order valence-electron chi connectivity index (χ4n) is 5.41. The number of thioether (sulfide) groups is 1. The number of carbonyl (C=O) groups is 1. The van der Waals surface area contributed by atoms with Gasteiger partial charge in [-0.05, 0) is 82.4 Å². The van der Waals surface area contributed by atoms with Gasteiger partial charge < -0.3 is 19.3 Å². The van der Waals surface area contributed by atoms with Crippen molar-refractivity contribution in [2.45, 2.75) is 100 Å². The Hall–Kier alpha value is -2.54. The summed E-state index contributed by atoms with van der Waals surface area (Å²) >= 11 is 1.73. The van der Waals surface area contributed by atoms with Gasteiger partial charge in [0.2, 0.25) is 0 Å². The molecule has 242 valence electrons. The van der Waals surface area contributed by atoms with Crippen LogP contribution in [0.1, 0.15) is 94.8 Å². The normalized spacial score (nSPS) is 17.1.